The van der Waals surface area contributed by atoms with Crippen LogP contribution in [0.25, 0.3) is 6.08 Å². The van der Waals surface area contributed by atoms with Crippen LogP contribution >= 0.6 is 0 Å². The topological polar surface area (TPSA) is 116 Å². The van der Waals surface area contributed by atoms with Crippen LogP contribution in [0.2, 0.25) is 0 Å². The van der Waals surface area contributed by atoms with E-state index in [2.05, 4.69) is 10.1 Å². The number of ether oxygens (including phenoxy) is 1. The number of nitrogens with one attached hydrogen (secondary N) is 1. The summed E-state index contributed by atoms with van der Waals surface area (Å²) >= 11 is 0. The zero-order valence-corrected chi connectivity index (χ0v) is 12.7. The first-order valence-corrected chi connectivity index (χ1v) is 6.83. The molecule has 2 rings (SSSR count). The van der Waals surface area contributed by atoms with Crippen molar-refractivity contribution in [3.8, 4) is 17.2 Å². The summed E-state index contributed by atoms with van der Waals surface area (Å²) in [5.74, 6) is -1.93. The minimum atomic E-state index is -0.700. The maximum atomic E-state index is 12.0. The van der Waals surface area contributed by atoms with Crippen molar-refractivity contribution in [3.05, 3.63) is 53.6 Å². The third-order valence-electron chi connectivity index (χ3n) is 3.09. The number of phenolic OH excluding ortho intramolecular Hbond substituents is 3. The predicted molar refractivity (Wildman–Crippen MR) is 86.9 cm³/mol. The first-order chi connectivity index (χ1) is 11.4. The van der Waals surface area contributed by atoms with Gasteiger partial charge in [0.25, 0.3) is 0 Å². The quantitative estimate of drug-likeness (QED) is 0.296. The van der Waals surface area contributed by atoms with Crippen molar-refractivity contribution in [2.75, 3.05) is 12.4 Å². The van der Waals surface area contributed by atoms with Crippen LogP contribution in [0, 0.1) is 0 Å². The van der Waals surface area contributed by atoms with Crippen molar-refractivity contribution in [2.24, 2.45) is 0 Å². The number of amides is 1. The highest BCUT2D eigenvalue weighted by Crippen LogP contribution is 2.25. The van der Waals surface area contributed by atoms with E-state index in [0.29, 0.717) is 5.56 Å². The lowest BCUT2D eigenvalue weighted by Gasteiger charge is -2.08. The predicted octanol–water partition coefficient (Wildman–Crippen LogP) is 2.24. The van der Waals surface area contributed by atoms with Gasteiger partial charge in [0.2, 0.25) is 5.91 Å². The van der Waals surface area contributed by atoms with Crippen LogP contribution in [-0.4, -0.2) is 34.3 Å². The number of carbonyl (C=O) groups is 2. The monoisotopic (exact) mass is 329 g/mol. The lowest BCUT2D eigenvalue weighted by atomic mass is 10.1. The first-order valence-electron chi connectivity index (χ1n) is 6.83. The molecule has 7 heteroatoms. The summed E-state index contributed by atoms with van der Waals surface area (Å²) < 4.78 is 4.60. The van der Waals surface area contributed by atoms with E-state index < -0.39 is 11.9 Å². The van der Waals surface area contributed by atoms with E-state index in [9.17, 15) is 24.9 Å². The average Bonchev–Trinajstić information content (AvgIpc) is 2.56. The largest absolute Gasteiger partial charge is 0.508 e. The molecular formula is C17H15NO6. The molecular weight excluding hydrogens is 314 g/mol. The molecule has 0 bridgehead atoms. The van der Waals surface area contributed by atoms with Gasteiger partial charge >= 0.3 is 5.97 Å². The molecule has 0 aromatic heterocycles. The van der Waals surface area contributed by atoms with Gasteiger partial charge in [-0.15, -0.1) is 0 Å². The number of rotatable bonds is 4. The SMILES string of the molecule is COC(=O)c1cc(O)ccc1NC(=O)/C=C/c1ccc(O)c(O)c1. The standard InChI is InChI=1S/C17H15NO6/c1-24-17(23)12-9-11(19)4-5-13(12)18-16(22)7-3-10-2-6-14(20)15(21)8-10/h2-9,19-21H,1H3,(H,18,22)/b7-3+. The summed E-state index contributed by atoms with van der Waals surface area (Å²) in [7, 11) is 1.19. The molecule has 2 aromatic rings. The van der Waals surface area contributed by atoms with Gasteiger partial charge in [0, 0.05) is 6.08 Å². The van der Waals surface area contributed by atoms with Gasteiger partial charge in [0.15, 0.2) is 11.5 Å². The van der Waals surface area contributed by atoms with E-state index >= 15 is 0 Å². The molecule has 0 spiro atoms. The van der Waals surface area contributed by atoms with Crippen LogP contribution < -0.4 is 5.32 Å². The zero-order valence-electron chi connectivity index (χ0n) is 12.7. The maximum absolute atomic E-state index is 12.0. The summed E-state index contributed by atoms with van der Waals surface area (Å²) in [6.45, 7) is 0. The molecule has 4 N–H and O–H groups in total. The Balaban J connectivity index is 2.16. The molecule has 0 heterocycles. The number of hydrogen-bond acceptors (Lipinski definition) is 6. The van der Waals surface area contributed by atoms with E-state index in [1.54, 1.807) is 0 Å². The molecule has 0 atom stereocenters. The third-order valence-corrected chi connectivity index (χ3v) is 3.09. The van der Waals surface area contributed by atoms with Gasteiger partial charge in [-0.2, -0.15) is 0 Å². The highest BCUT2D eigenvalue weighted by Gasteiger charge is 2.14. The minimum absolute atomic E-state index is 0.0153. The zero-order chi connectivity index (χ0) is 17.7. The van der Waals surface area contributed by atoms with Crippen molar-refractivity contribution < 1.29 is 29.6 Å². The minimum Gasteiger partial charge on any atom is -0.508 e. The van der Waals surface area contributed by atoms with Gasteiger partial charge in [-0.1, -0.05) is 6.07 Å². The van der Waals surface area contributed by atoms with E-state index in [4.69, 9.17) is 0 Å². The summed E-state index contributed by atoms with van der Waals surface area (Å²) in [6, 6.07) is 7.98. The van der Waals surface area contributed by atoms with Crippen LogP contribution in [0.15, 0.2) is 42.5 Å². The lowest BCUT2D eigenvalue weighted by Crippen LogP contribution is -2.12. The lowest BCUT2D eigenvalue weighted by molar-refractivity contribution is -0.111. The fourth-order valence-corrected chi connectivity index (χ4v) is 1.91. The van der Waals surface area contributed by atoms with Gasteiger partial charge in [0.1, 0.15) is 5.75 Å². The highest BCUT2D eigenvalue weighted by atomic mass is 16.5. The van der Waals surface area contributed by atoms with Gasteiger partial charge in [0.05, 0.1) is 18.4 Å². The summed E-state index contributed by atoms with van der Waals surface area (Å²) in [4.78, 5) is 23.6. The second-order valence-electron chi connectivity index (χ2n) is 4.79. The molecule has 0 aliphatic rings. The van der Waals surface area contributed by atoms with Crippen molar-refractivity contribution in [3.63, 3.8) is 0 Å². The summed E-state index contributed by atoms with van der Waals surface area (Å²) in [6.07, 6.45) is 2.62. The fraction of sp³-hybridized carbons (Fsp3) is 0.0588. The number of methoxy groups -OCH3 is 1. The number of phenols is 3. The Morgan fingerprint density at radius 3 is 2.46 bits per heavy atom. The Morgan fingerprint density at radius 1 is 1.04 bits per heavy atom. The van der Waals surface area contributed by atoms with E-state index in [0.717, 1.165) is 0 Å². The number of benzene rings is 2. The van der Waals surface area contributed by atoms with Crippen LogP contribution in [0.4, 0.5) is 5.69 Å². The van der Waals surface area contributed by atoms with Crippen molar-refractivity contribution in [1.29, 1.82) is 0 Å². The second-order valence-corrected chi connectivity index (χ2v) is 4.79. The van der Waals surface area contributed by atoms with Crippen LogP contribution in [0.5, 0.6) is 17.2 Å². The number of esters is 1. The van der Waals surface area contributed by atoms with Crippen molar-refractivity contribution in [2.45, 2.75) is 0 Å². The summed E-state index contributed by atoms with van der Waals surface area (Å²) in [5.41, 5.74) is 0.698. The Bertz CT molecular complexity index is 813. The van der Waals surface area contributed by atoms with Gasteiger partial charge in [-0.05, 0) is 42.0 Å². The van der Waals surface area contributed by atoms with Crippen LogP contribution in [-0.2, 0) is 9.53 Å². The Morgan fingerprint density at radius 2 is 1.79 bits per heavy atom. The average molecular weight is 329 g/mol. The van der Waals surface area contributed by atoms with Gasteiger partial charge in [-0.25, -0.2) is 4.79 Å². The molecule has 2 aromatic carbocycles. The van der Waals surface area contributed by atoms with Gasteiger partial charge in [-0.3, -0.25) is 4.79 Å². The van der Waals surface area contributed by atoms with E-state index in [1.807, 2.05) is 0 Å². The molecule has 0 aliphatic carbocycles. The van der Waals surface area contributed by atoms with Crippen molar-refractivity contribution in [1.82, 2.24) is 0 Å². The number of carbonyl (C=O) groups excluding carboxylic acids is 2. The Hall–Kier alpha value is -3.48. The van der Waals surface area contributed by atoms with Crippen molar-refractivity contribution >= 4 is 23.6 Å². The molecule has 24 heavy (non-hydrogen) atoms. The van der Waals surface area contributed by atoms with E-state index in [-0.39, 0.29) is 28.5 Å². The molecule has 124 valence electrons. The number of anilines is 1. The third kappa shape index (κ3) is 4.04. The second kappa shape index (κ2) is 7.19. The molecule has 0 unspecified atom stereocenters. The fourth-order valence-electron chi connectivity index (χ4n) is 1.91. The molecule has 0 aliphatic heterocycles. The smallest absolute Gasteiger partial charge is 0.340 e. The summed E-state index contributed by atoms with van der Waals surface area (Å²) in [5, 5.41) is 30.6. The van der Waals surface area contributed by atoms with E-state index in [1.165, 1.54) is 55.7 Å². The molecule has 7 nitrogen and oxygen atoms in total. The van der Waals surface area contributed by atoms with Crippen LogP contribution in [0.3, 0.4) is 0 Å². The molecule has 0 saturated heterocycles. The first kappa shape index (κ1) is 16.9. The maximum Gasteiger partial charge on any atom is 0.340 e. The highest BCUT2D eigenvalue weighted by molar-refractivity contribution is 6.06. The van der Waals surface area contributed by atoms with Crippen LogP contribution in [0.1, 0.15) is 15.9 Å². The molecule has 0 saturated carbocycles. The number of hydrogen-bond donors (Lipinski definition) is 4. The molecule has 0 radical (unpaired) electrons. The normalized spacial score (nSPS) is 10.5. The number of aromatic hydroxyl groups is 3. The molecule has 0 fully saturated rings. The Kier molecular flexibility index (Phi) is 5.06. The Labute approximate surface area is 137 Å². The van der Waals surface area contributed by atoms with Gasteiger partial charge < -0.3 is 25.4 Å². The molecule has 1 amide bonds.